The Bertz CT molecular complexity index is 192. The van der Waals surface area contributed by atoms with E-state index >= 15 is 0 Å². The highest BCUT2D eigenvalue weighted by Gasteiger charge is 1.81. The summed E-state index contributed by atoms with van der Waals surface area (Å²) < 4.78 is 0. The van der Waals surface area contributed by atoms with Crippen LogP contribution >= 0.6 is 0 Å². The van der Waals surface area contributed by atoms with Crippen molar-refractivity contribution in [3.63, 3.8) is 0 Å². The second-order valence-corrected chi connectivity index (χ2v) is 3.10. The van der Waals surface area contributed by atoms with E-state index in [-0.39, 0.29) is 0 Å². The summed E-state index contributed by atoms with van der Waals surface area (Å²) in [5, 5.41) is 0. The highest BCUT2D eigenvalue weighted by atomic mass is 13.9. The molecule has 1 aliphatic carbocycles. The van der Waals surface area contributed by atoms with E-state index in [1.165, 1.54) is 12.8 Å². The van der Waals surface area contributed by atoms with E-state index in [0.29, 0.717) is 0 Å². The Morgan fingerprint density at radius 3 is 2.62 bits per heavy atom. The molecule has 0 amide bonds. The van der Waals surface area contributed by atoms with Crippen LogP contribution in [0.4, 0.5) is 0 Å². The third kappa shape index (κ3) is 6.15. The fourth-order valence-corrected chi connectivity index (χ4v) is 1.18. The minimum absolute atomic E-state index is 1.01. The molecule has 0 aliphatic heterocycles. The van der Waals surface area contributed by atoms with Gasteiger partial charge in [-0.15, -0.1) is 0 Å². The Kier molecular flexibility index (Phi) is 5.87. The molecule has 0 heterocycles. The van der Waals surface area contributed by atoms with Crippen molar-refractivity contribution >= 4 is 0 Å². The van der Waals surface area contributed by atoms with Crippen molar-refractivity contribution in [1.82, 2.24) is 0 Å². The summed E-state index contributed by atoms with van der Waals surface area (Å²) >= 11 is 0. The van der Waals surface area contributed by atoms with Crippen LogP contribution in [0.25, 0.3) is 0 Å². The standard InChI is InChI=1S/C13H17/c1-2-4-6-8-10-12-13-11-9-7-5-3-1/h1-4,7-9H,5-6,11-13H2/b3-1-,4-2+,9-7+,10-8?. The van der Waals surface area contributed by atoms with Crippen LogP contribution in [0.3, 0.4) is 0 Å². The zero-order chi connectivity index (χ0) is 9.19. The maximum atomic E-state index is 3.29. The van der Waals surface area contributed by atoms with Gasteiger partial charge in [-0.05, 0) is 38.2 Å². The molecule has 0 N–H and O–H groups in total. The summed E-state index contributed by atoms with van der Waals surface area (Å²) in [4.78, 5) is 0. The molecule has 69 valence electrons. The number of allylic oxidation sites excluding steroid dienone is 8. The van der Waals surface area contributed by atoms with E-state index in [1.54, 1.807) is 0 Å². The monoisotopic (exact) mass is 173 g/mol. The molecule has 0 aromatic heterocycles. The van der Waals surface area contributed by atoms with Crippen LogP contribution in [0.5, 0.6) is 0 Å². The molecule has 1 rings (SSSR count). The first-order valence-electron chi connectivity index (χ1n) is 5.02. The van der Waals surface area contributed by atoms with Gasteiger partial charge in [0.2, 0.25) is 0 Å². The Balaban J connectivity index is 2.38. The summed E-state index contributed by atoms with van der Waals surface area (Å²) in [6.45, 7) is 0. The summed E-state index contributed by atoms with van der Waals surface area (Å²) in [5.41, 5.74) is 0. The molecule has 1 radical (unpaired) electrons. The van der Waals surface area contributed by atoms with Crippen LogP contribution in [0.2, 0.25) is 0 Å². The lowest BCUT2D eigenvalue weighted by Gasteiger charge is -1.88. The normalized spacial score (nSPS) is 28.9. The fraction of sp³-hybridized carbons (Fsp3) is 0.385. The highest BCUT2D eigenvalue weighted by molar-refractivity contribution is 5.06. The zero-order valence-corrected chi connectivity index (χ0v) is 8.08. The maximum absolute atomic E-state index is 3.29. The van der Waals surface area contributed by atoms with Crippen LogP contribution in [-0.2, 0) is 0 Å². The van der Waals surface area contributed by atoms with Gasteiger partial charge in [0.1, 0.15) is 0 Å². The van der Waals surface area contributed by atoms with E-state index in [1.807, 2.05) is 0 Å². The van der Waals surface area contributed by atoms with Crippen molar-refractivity contribution in [2.45, 2.75) is 32.1 Å². The molecule has 0 fully saturated rings. The van der Waals surface area contributed by atoms with Gasteiger partial charge in [0.25, 0.3) is 0 Å². The predicted octanol–water partition coefficient (Wildman–Crippen LogP) is 3.98. The van der Waals surface area contributed by atoms with Crippen LogP contribution < -0.4 is 0 Å². The van der Waals surface area contributed by atoms with E-state index in [9.17, 15) is 0 Å². The van der Waals surface area contributed by atoms with Gasteiger partial charge in [0.15, 0.2) is 0 Å². The third-order valence-corrected chi connectivity index (χ3v) is 1.91. The van der Waals surface area contributed by atoms with Gasteiger partial charge in [-0.2, -0.15) is 0 Å². The summed E-state index contributed by atoms with van der Waals surface area (Å²) in [7, 11) is 0. The van der Waals surface area contributed by atoms with Crippen molar-refractivity contribution in [3.8, 4) is 0 Å². The van der Waals surface area contributed by atoms with Crippen LogP contribution in [0.1, 0.15) is 32.1 Å². The molecule has 0 heteroatoms. The number of rotatable bonds is 0. The van der Waals surface area contributed by atoms with E-state index in [2.05, 4.69) is 48.6 Å². The first kappa shape index (κ1) is 10.0. The molecule has 0 aromatic carbocycles. The molecule has 0 aromatic rings. The predicted molar refractivity (Wildman–Crippen MR) is 58.3 cm³/mol. The molecule has 0 unspecified atom stereocenters. The van der Waals surface area contributed by atoms with E-state index < -0.39 is 0 Å². The van der Waals surface area contributed by atoms with Gasteiger partial charge in [-0.25, -0.2) is 0 Å². The van der Waals surface area contributed by atoms with Gasteiger partial charge in [-0.1, -0.05) is 42.5 Å². The van der Waals surface area contributed by atoms with Gasteiger partial charge in [0.05, 0.1) is 0 Å². The van der Waals surface area contributed by atoms with E-state index in [0.717, 1.165) is 19.3 Å². The molecule has 0 saturated heterocycles. The molecular formula is C13H17. The first-order chi connectivity index (χ1) is 6.50. The second kappa shape index (κ2) is 7.60. The lowest BCUT2D eigenvalue weighted by atomic mass is 10.2. The summed E-state index contributed by atoms with van der Waals surface area (Å²) in [6, 6.07) is 0. The molecule has 0 bridgehead atoms. The Morgan fingerprint density at radius 2 is 1.69 bits per heavy atom. The zero-order valence-electron chi connectivity index (χ0n) is 8.08. The van der Waals surface area contributed by atoms with Crippen molar-refractivity contribution < 1.29 is 0 Å². The average Bonchev–Trinajstić information content (AvgIpc) is 2.18. The molecule has 1 aliphatic rings. The van der Waals surface area contributed by atoms with Gasteiger partial charge >= 0.3 is 0 Å². The van der Waals surface area contributed by atoms with Crippen molar-refractivity contribution in [2.24, 2.45) is 0 Å². The Hall–Kier alpha value is -1.04. The minimum atomic E-state index is 1.01. The summed E-state index contributed by atoms with van der Waals surface area (Å²) in [5.74, 6) is 0. The Morgan fingerprint density at radius 1 is 0.846 bits per heavy atom. The van der Waals surface area contributed by atoms with Crippen LogP contribution in [0.15, 0.2) is 42.5 Å². The minimum Gasteiger partial charge on any atom is -0.0882 e. The van der Waals surface area contributed by atoms with Crippen molar-refractivity contribution in [1.29, 1.82) is 0 Å². The van der Waals surface area contributed by atoms with Crippen molar-refractivity contribution in [2.75, 3.05) is 0 Å². The molecule has 0 atom stereocenters. The maximum Gasteiger partial charge on any atom is -0.0160 e. The number of hydrogen-bond acceptors (Lipinski definition) is 0. The molecule has 0 saturated carbocycles. The molecule has 13 heavy (non-hydrogen) atoms. The summed E-state index contributed by atoms with van der Waals surface area (Å²) in [6.07, 6.45) is 24.0. The first-order valence-corrected chi connectivity index (χ1v) is 5.02. The van der Waals surface area contributed by atoms with Gasteiger partial charge in [0, 0.05) is 0 Å². The van der Waals surface area contributed by atoms with Crippen LogP contribution in [0, 0.1) is 6.08 Å². The molecule has 0 spiro atoms. The lowest BCUT2D eigenvalue weighted by molar-refractivity contribution is 0.850. The smallest absolute Gasteiger partial charge is 0.0160 e. The topological polar surface area (TPSA) is 0 Å². The largest absolute Gasteiger partial charge is 0.0882 e. The molecule has 0 nitrogen and oxygen atoms in total. The van der Waals surface area contributed by atoms with E-state index in [4.69, 9.17) is 0 Å². The van der Waals surface area contributed by atoms with Crippen LogP contribution in [-0.4, -0.2) is 0 Å². The fourth-order valence-electron chi connectivity index (χ4n) is 1.18. The number of hydrogen-bond donors (Lipinski definition) is 0. The average molecular weight is 173 g/mol. The highest BCUT2D eigenvalue weighted by Crippen LogP contribution is 2.00. The second-order valence-electron chi connectivity index (χ2n) is 3.10. The molecular weight excluding hydrogens is 156 g/mol. The Labute approximate surface area is 81.4 Å². The quantitative estimate of drug-likeness (QED) is 0.486. The lowest BCUT2D eigenvalue weighted by Crippen LogP contribution is -1.69. The SMILES string of the molecule is [C]1=C/C/C=C/C=C\C/C=C/CCC/1. The third-order valence-electron chi connectivity index (χ3n) is 1.91. The van der Waals surface area contributed by atoms with Gasteiger partial charge < -0.3 is 0 Å². The van der Waals surface area contributed by atoms with Gasteiger partial charge in [-0.3, -0.25) is 0 Å². The van der Waals surface area contributed by atoms with Crippen molar-refractivity contribution in [3.05, 3.63) is 48.6 Å².